The minimum atomic E-state index is 0.0395. The molecule has 2 nitrogen and oxygen atoms in total. The van der Waals surface area contributed by atoms with Crippen molar-refractivity contribution in [2.45, 2.75) is 32.2 Å². The Morgan fingerprint density at radius 2 is 1.78 bits per heavy atom. The lowest BCUT2D eigenvalue weighted by atomic mass is 10.0. The lowest BCUT2D eigenvalue weighted by Crippen LogP contribution is -2.27. The molecule has 118 valence electrons. The molecule has 0 spiro atoms. The van der Waals surface area contributed by atoms with Crippen molar-refractivity contribution in [3.05, 3.63) is 72.3 Å². The third kappa shape index (κ3) is 4.10. The second-order valence-electron chi connectivity index (χ2n) is 6.25. The molecule has 2 aromatic rings. The van der Waals surface area contributed by atoms with E-state index in [4.69, 9.17) is 0 Å². The molecule has 0 aliphatic heterocycles. The first-order valence-electron chi connectivity index (χ1n) is 8.34. The lowest BCUT2D eigenvalue weighted by Gasteiger charge is -2.16. The van der Waals surface area contributed by atoms with E-state index in [1.54, 1.807) is 0 Å². The van der Waals surface area contributed by atoms with Crippen molar-refractivity contribution in [1.29, 1.82) is 0 Å². The summed E-state index contributed by atoms with van der Waals surface area (Å²) < 4.78 is 0. The Labute approximate surface area is 138 Å². The minimum absolute atomic E-state index is 0.0395. The van der Waals surface area contributed by atoms with Crippen LogP contribution in [-0.4, -0.2) is 5.91 Å². The maximum atomic E-state index is 12.1. The molecule has 1 amide bonds. The summed E-state index contributed by atoms with van der Waals surface area (Å²) in [6.07, 6.45) is 7.15. The van der Waals surface area contributed by atoms with E-state index < -0.39 is 0 Å². The summed E-state index contributed by atoms with van der Waals surface area (Å²) in [5.41, 5.74) is 3.55. The number of hydrogen-bond donors (Lipinski definition) is 1. The summed E-state index contributed by atoms with van der Waals surface area (Å²) in [5.74, 6) is 0.559. The smallest absolute Gasteiger partial charge is 0.221 e. The highest BCUT2D eigenvalue weighted by Crippen LogP contribution is 2.23. The van der Waals surface area contributed by atoms with Crippen molar-refractivity contribution in [1.82, 2.24) is 5.32 Å². The summed E-state index contributed by atoms with van der Waals surface area (Å²) >= 11 is 0. The van der Waals surface area contributed by atoms with E-state index in [1.165, 1.54) is 11.1 Å². The highest BCUT2D eigenvalue weighted by molar-refractivity contribution is 5.77. The molecule has 0 bridgehead atoms. The molecule has 2 aromatic carbocycles. The van der Waals surface area contributed by atoms with Crippen LogP contribution >= 0.6 is 0 Å². The molecule has 1 aliphatic rings. The van der Waals surface area contributed by atoms with Crippen LogP contribution < -0.4 is 5.32 Å². The quantitative estimate of drug-likeness (QED) is 0.783. The van der Waals surface area contributed by atoms with Gasteiger partial charge in [0.25, 0.3) is 0 Å². The highest BCUT2D eigenvalue weighted by atomic mass is 16.1. The summed E-state index contributed by atoms with van der Waals surface area (Å²) in [4.78, 5) is 12.1. The topological polar surface area (TPSA) is 29.1 Å². The number of amides is 1. The molecule has 2 heteroatoms. The fraction of sp³-hybridized carbons (Fsp3) is 0.286. The van der Waals surface area contributed by atoms with Gasteiger partial charge in [0, 0.05) is 6.42 Å². The normalized spacial score (nSPS) is 17.9. The monoisotopic (exact) mass is 305 g/mol. The minimum Gasteiger partial charge on any atom is -0.350 e. The predicted octanol–water partition coefficient (Wildman–Crippen LogP) is 4.89. The number of carbonyl (C=O) groups is 1. The Kier molecular flexibility index (Phi) is 4.92. The molecule has 3 rings (SSSR count). The fourth-order valence-corrected chi connectivity index (χ4v) is 3.08. The Morgan fingerprint density at radius 3 is 2.43 bits per heavy atom. The number of nitrogens with one attached hydrogen (secondary N) is 1. The molecule has 2 atom stereocenters. The standard InChI is InChI=1S/C21H23NO/c1-16(22-21(23)15-17-7-5-6-8-17)18-11-13-20(14-12-18)19-9-3-2-4-10-19/h2-5,7,9-14,16-17H,6,8,15H2,1H3,(H,22,23)/t16-,17-/m1/s1. The second kappa shape index (κ2) is 7.28. The summed E-state index contributed by atoms with van der Waals surface area (Å²) in [5, 5.41) is 3.11. The van der Waals surface area contributed by atoms with Crippen LogP contribution in [0.25, 0.3) is 11.1 Å². The van der Waals surface area contributed by atoms with Crippen molar-refractivity contribution >= 4 is 5.91 Å². The van der Waals surface area contributed by atoms with E-state index >= 15 is 0 Å². The molecule has 23 heavy (non-hydrogen) atoms. The van der Waals surface area contributed by atoms with Crippen LogP contribution in [0, 0.1) is 5.92 Å². The van der Waals surface area contributed by atoms with Crippen molar-refractivity contribution in [2.75, 3.05) is 0 Å². The zero-order valence-corrected chi connectivity index (χ0v) is 13.5. The van der Waals surface area contributed by atoms with Crippen LogP contribution in [-0.2, 0) is 4.79 Å². The number of carbonyl (C=O) groups excluding carboxylic acids is 1. The van der Waals surface area contributed by atoms with Crippen LogP contribution in [0.4, 0.5) is 0 Å². The van der Waals surface area contributed by atoms with Gasteiger partial charge in [0.1, 0.15) is 0 Å². The van der Waals surface area contributed by atoms with Crippen LogP contribution in [0.2, 0.25) is 0 Å². The van der Waals surface area contributed by atoms with Gasteiger partial charge < -0.3 is 5.32 Å². The number of benzene rings is 2. The highest BCUT2D eigenvalue weighted by Gasteiger charge is 2.16. The maximum Gasteiger partial charge on any atom is 0.221 e. The van der Waals surface area contributed by atoms with Gasteiger partial charge in [0.2, 0.25) is 5.91 Å². The van der Waals surface area contributed by atoms with E-state index in [0.29, 0.717) is 12.3 Å². The third-order valence-electron chi connectivity index (χ3n) is 4.46. The Bertz CT molecular complexity index is 673. The zero-order chi connectivity index (χ0) is 16.1. The van der Waals surface area contributed by atoms with Gasteiger partial charge in [-0.1, -0.05) is 66.7 Å². The number of rotatable bonds is 5. The van der Waals surface area contributed by atoms with Gasteiger partial charge in [0.15, 0.2) is 0 Å². The van der Waals surface area contributed by atoms with Gasteiger partial charge in [-0.15, -0.1) is 0 Å². The van der Waals surface area contributed by atoms with Crippen LogP contribution in [0.3, 0.4) is 0 Å². The van der Waals surface area contributed by atoms with Gasteiger partial charge in [-0.3, -0.25) is 4.79 Å². The van der Waals surface area contributed by atoms with Crippen molar-refractivity contribution < 1.29 is 4.79 Å². The van der Waals surface area contributed by atoms with Crippen LogP contribution in [0.1, 0.15) is 37.8 Å². The van der Waals surface area contributed by atoms with Crippen molar-refractivity contribution in [3.63, 3.8) is 0 Å². The molecule has 0 saturated carbocycles. The molecule has 0 heterocycles. The van der Waals surface area contributed by atoms with Crippen LogP contribution in [0.15, 0.2) is 66.7 Å². The summed E-state index contributed by atoms with van der Waals surface area (Å²) in [7, 11) is 0. The molecule has 0 fully saturated rings. The predicted molar refractivity (Wildman–Crippen MR) is 94.9 cm³/mol. The molecule has 1 N–H and O–H groups in total. The van der Waals surface area contributed by atoms with Crippen LogP contribution in [0.5, 0.6) is 0 Å². The molecular weight excluding hydrogens is 282 g/mol. The Hall–Kier alpha value is -2.35. The van der Waals surface area contributed by atoms with E-state index in [0.717, 1.165) is 18.4 Å². The van der Waals surface area contributed by atoms with E-state index in [1.807, 2.05) is 25.1 Å². The average molecular weight is 305 g/mol. The third-order valence-corrected chi connectivity index (χ3v) is 4.46. The van der Waals surface area contributed by atoms with Gasteiger partial charge in [-0.05, 0) is 42.4 Å². The van der Waals surface area contributed by atoms with E-state index in [2.05, 4.69) is 53.9 Å². The van der Waals surface area contributed by atoms with Crippen molar-refractivity contribution in [3.8, 4) is 11.1 Å². The van der Waals surface area contributed by atoms with Gasteiger partial charge >= 0.3 is 0 Å². The van der Waals surface area contributed by atoms with Gasteiger partial charge in [-0.25, -0.2) is 0 Å². The SMILES string of the molecule is C[C@@H](NC(=O)C[C@@H]1C=CCC1)c1ccc(-c2ccccc2)cc1. The fourth-order valence-electron chi connectivity index (χ4n) is 3.08. The molecule has 0 unspecified atom stereocenters. The van der Waals surface area contributed by atoms with E-state index in [9.17, 15) is 4.79 Å². The molecule has 1 aliphatic carbocycles. The first-order chi connectivity index (χ1) is 11.2. The summed E-state index contributed by atoms with van der Waals surface area (Å²) in [6.45, 7) is 2.04. The molecule has 0 aromatic heterocycles. The first-order valence-corrected chi connectivity index (χ1v) is 8.34. The average Bonchev–Trinajstić information content (AvgIpc) is 3.08. The Balaban J connectivity index is 1.60. The first kappa shape index (κ1) is 15.5. The number of allylic oxidation sites excluding steroid dienone is 2. The molecule has 0 radical (unpaired) electrons. The lowest BCUT2D eigenvalue weighted by molar-refractivity contribution is -0.122. The maximum absolute atomic E-state index is 12.1. The number of hydrogen-bond acceptors (Lipinski definition) is 1. The van der Waals surface area contributed by atoms with Crippen molar-refractivity contribution in [2.24, 2.45) is 5.92 Å². The zero-order valence-electron chi connectivity index (χ0n) is 13.5. The van der Waals surface area contributed by atoms with Gasteiger partial charge in [-0.2, -0.15) is 0 Å². The largest absolute Gasteiger partial charge is 0.350 e. The second-order valence-corrected chi connectivity index (χ2v) is 6.25. The van der Waals surface area contributed by atoms with Gasteiger partial charge in [0.05, 0.1) is 6.04 Å². The molecular formula is C21H23NO. The van der Waals surface area contributed by atoms with E-state index in [-0.39, 0.29) is 11.9 Å². The molecule has 0 saturated heterocycles. The summed E-state index contributed by atoms with van der Waals surface area (Å²) in [6, 6.07) is 18.8. The Morgan fingerprint density at radius 1 is 1.09 bits per heavy atom.